The molecule has 0 aliphatic rings. The Labute approximate surface area is 164 Å². The van der Waals surface area contributed by atoms with Crippen LogP contribution in [0.3, 0.4) is 0 Å². The van der Waals surface area contributed by atoms with Gasteiger partial charge < -0.3 is 5.32 Å². The van der Waals surface area contributed by atoms with Gasteiger partial charge in [0.25, 0.3) is 5.91 Å². The van der Waals surface area contributed by atoms with Crippen LogP contribution in [-0.2, 0) is 12.8 Å². The van der Waals surface area contributed by atoms with Crippen molar-refractivity contribution < 1.29 is 4.79 Å². The van der Waals surface area contributed by atoms with E-state index in [1.807, 2.05) is 60.7 Å². The maximum absolute atomic E-state index is 12.3. The second-order valence-corrected chi connectivity index (χ2v) is 6.60. The Morgan fingerprint density at radius 2 is 1.48 bits per heavy atom. The molecule has 0 unspecified atom stereocenters. The molecule has 5 heteroatoms. The number of anilines is 1. The van der Waals surface area contributed by atoms with Crippen LogP contribution in [0.2, 0.25) is 0 Å². The third-order valence-electron chi connectivity index (χ3n) is 4.22. The second kappa shape index (κ2) is 9.05. The lowest BCUT2D eigenvalue weighted by atomic mass is 10.1. The van der Waals surface area contributed by atoms with Crippen molar-refractivity contribution in [3.8, 4) is 0 Å². The van der Waals surface area contributed by atoms with Gasteiger partial charge in [-0.2, -0.15) is 0 Å². The molecule has 0 atom stereocenters. The Morgan fingerprint density at radius 1 is 0.889 bits per heavy atom. The number of aryl methyl sites for hydroxylation is 1. The summed E-state index contributed by atoms with van der Waals surface area (Å²) in [5.74, 6) is -0.218. The molecule has 0 saturated heterocycles. The predicted octanol–water partition coefficient (Wildman–Crippen LogP) is 4.36. The molecule has 0 aliphatic heterocycles. The molecule has 0 fully saturated rings. The van der Waals surface area contributed by atoms with Gasteiger partial charge in [-0.05, 0) is 78.1 Å². The highest BCUT2D eigenvalue weighted by molar-refractivity contribution is 7.80. The highest BCUT2D eigenvalue weighted by atomic mass is 32.1. The normalized spacial score (nSPS) is 10.3. The first kappa shape index (κ1) is 18.7. The highest BCUT2D eigenvalue weighted by Gasteiger charge is 2.08. The van der Waals surface area contributed by atoms with Crippen LogP contribution >= 0.6 is 12.2 Å². The Balaban J connectivity index is 1.54. The number of hydrogen-bond acceptors (Lipinski definition) is 3. The van der Waals surface area contributed by atoms with Gasteiger partial charge in [-0.1, -0.05) is 31.2 Å². The predicted molar refractivity (Wildman–Crippen MR) is 113 cm³/mol. The van der Waals surface area contributed by atoms with Gasteiger partial charge in [0.15, 0.2) is 5.11 Å². The number of hydrogen-bond donors (Lipinski definition) is 2. The number of thiocarbonyl (C=S) groups is 1. The summed E-state index contributed by atoms with van der Waals surface area (Å²) >= 11 is 5.25. The monoisotopic (exact) mass is 375 g/mol. The summed E-state index contributed by atoms with van der Waals surface area (Å²) in [4.78, 5) is 16.3. The quantitative estimate of drug-likeness (QED) is 0.651. The lowest BCUT2D eigenvalue weighted by molar-refractivity contribution is 0.0977. The average molecular weight is 375 g/mol. The molecule has 0 radical (unpaired) electrons. The van der Waals surface area contributed by atoms with Crippen molar-refractivity contribution in [2.45, 2.75) is 19.8 Å². The van der Waals surface area contributed by atoms with E-state index in [0.29, 0.717) is 5.56 Å². The summed E-state index contributed by atoms with van der Waals surface area (Å²) in [7, 11) is 0. The number of pyridine rings is 1. The first-order chi connectivity index (χ1) is 13.1. The van der Waals surface area contributed by atoms with Crippen LogP contribution in [0.25, 0.3) is 0 Å². The van der Waals surface area contributed by atoms with E-state index in [-0.39, 0.29) is 11.0 Å². The molecule has 1 amide bonds. The number of benzene rings is 2. The van der Waals surface area contributed by atoms with Gasteiger partial charge in [0.1, 0.15) is 0 Å². The summed E-state index contributed by atoms with van der Waals surface area (Å²) in [6.07, 6.45) is 5.38. The standard InChI is InChI=1S/C22H21N3OS/c1-2-16-3-7-19(8-4-16)21(26)25-22(27)24-20-9-5-17(6-10-20)15-18-11-13-23-14-12-18/h3-14H,2,15H2,1H3,(H2,24,25,26,27). The molecule has 1 aromatic heterocycles. The van der Waals surface area contributed by atoms with Crippen LogP contribution in [0, 0.1) is 0 Å². The van der Waals surface area contributed by atoms with Crippen molar-refractivity contribution in [1.29, 1.82) is 0 Å². The number of aromatic nitrogens is 1. The third kappa shape index (κ3) is 5.46. The number of carbonyl (C=O) groups excluding carboxylic acids is 1. The van der Waals surface area contributed by atoms with Crippen molar-refractivity contribution >= 4 is 28.9 Å². The third-order valence-corrected chi connectivity index (χ3v) is 4.42. The minimum atomic E-state index is -0.218. The second-order valence-electron chi connectivity index (χ2n) is 6.19. The SMILES string of the molecule is CCc1ccc(C(=O)NC(=S)Nc2ccc(Cc3ccncc3)cc2)cc1. The summed E-state index contributed by atoms with van der Waals surface area (Å²) in [6.45, 7) is 2.08. The molecule has 0 saturated carbocycles. The number of amides is 1. The van der Waals surface area contributed by atoms with E-state index in [1.165, 1.54) is 16.7 Å². The molecular formula is C22H21N3OS. The van der Waals surface area contributed by atoms with Crippen LogP contribution in [-0.4, -0.2) is 16.0 Å². The van der Waals surface area contributed by atoms with E-state index >= 15 is 0 Å². The van der Waals surface area contributed by atoms with Crippen LogP contribution < -0.4 is 10.6 Å². The Morgan fingerprint density at radius 3 is 2.11 bits per heavy atom. The van der Waals surface area contributed by atoms with E-state index in [0.717, 1.165) is 18.5 Å². The van der Waals surface area contributed by atoms with Gasteiger partial charge in [-0.15, -0.1) is 0 Å². The minimum Gasteiger partial charge on any atom is -0.332 e. The van der Waals surface area contributed by atoms with E-state index in [2.05, 4.69) is 22.5 Å². The minimum absolute atomic E-state index is 0.218. The summed E-state index contributed by atoms with van der Waals surface area (Å²) in [5, 5.41) is 6.04. The van der Waals surface area contributed by atoms with Gasteiger partial charge in [0.2, 0.25) is 0 Å². The summed E-state index contributed by atoms with van der Waals surface area (Å²) < 4.78 is 0. The molecule has 1 heterocycles. The molecule has 0 spiro atoms. The van der Waals surface area contributed by atoms with Crippen molar-refractivity contribution in [3.63, 3.8) is 0 Å². The molecule has 27 heavy (non-hydrogen) atoms. The molecular weight excluding hydrogens is 354 g/mol. The molecule has 3 aromatic rings. The van der Waals surface area contributed by atoms with Gasteiger partial charge in [0, 0.05) is 23.6 Å². The average Bonchev–Trinajstić information content (AvgIpc) is 2.70. The molecule has 0 aliphatic carbocycles. The lowest BCUT2D eigenvalue weighted by Crippen LogP contribution is -2.34. The zero-order valence-electron chi connectivity index (χ0n) is 15.1. The topological polar surface area (TPSA) is 54.0 Å². The van der Waals surface area contributed by atoms with Crippen molar-refractivity contribution in [1.82, 2.24) is 10.3 Å². The zero-order chi connectivity index (χ0) is 19.1. The number of nitrogens with zero attached hydrogens (tertiary/aromatic N) is 1. The van der Waals surface area contributed by atoms with Crippen molar-refractivity contribution in [2.24, 2.45) is 0 Å². The Bertz CT molecular complexity index is 907. The molecule has 2 aromatic carbocycles. The molecule has 0 bridgehead atoms. The van der Waals surface area contributed by atoms with Gasteiger partial charge >= 0.3 is 0 Å². The van der Waals surface area contributed by atoms with Gasteiger partial charge in [0.05, 0.1) is 0 Å². The Kier molecular flexibility index (Phi) is 6.28. The fraction of sp³-hybridized carbons (Fsp3) is 0.136. The van der Waals surface area contributed by atoms with Crippen LogP contribution in [0.4, 0.5) is 5.69 Å². The largest absolute Gasteiger partial charge is 0.332 e. The zero-order valence-corrected chi connectivity index (χ0v) is 15.9. The van der Waals surface area contributed by atoms with Crippen LogP contribution in [0.5, 0.6) is 0 Å². The molecule has 136 valence electrons. The maximum atomic E-state index is 12.3. The molecule has 4 nitrogen and oxygen atoms in total. The van der Waals surface area contributed by atoms with E-state index in [4.69, 9.17) is 12.2 Å². The fourth-order valence-electron chi connectivity index (χ4n) is 2.67. The maximum Gasteiger partial charge on any atom is 0.257 e. The van der Waals surface area contributed by atoms with E-state index in [9.17, 15) is 4.79 Å². The number of rotatable bonds is 5. The van der Waals surface area contributed by atoms with Crippen molar-refractivity contribution in [2.75, 3.05) is 5.32 Å². The van der Waals surface area contributed by atoms with E-state index in [1.54, 1.807) is 12.4 Å². The van der Waals surface area contributed by atoms with Crippen LogP contribution in [0.1, 0.15) is 34.0 Å². The molecule has 3 rings (SSSR count). The van der Waals surface area contributed by atoms with E-state index < -0.39 is 0 Å². The van der Waals surface area contributed by atoms with Crippen molar-refractivity contribution in [3.05, 3.63) is 95.3 Å². The number of nitrogens with one attached hydrogen (secondary N) is 2. The smallest absolute Gasteiger partial charge is 0.257 e. The van der Waals surface area contributed by atoms with Gasteiger partial charge in [-0.25, -0.2) is 0 Å². The first-order valence-corrected chi connectivity index (χ1v) is 9.24. The number of carbonyl (C=O) groups is 1. The summed E-state index contributed by atoms with van der Waals surface area (Å²) in [5.41, 5.74) is 5.02. The van der Waals surface area contributed by atoms with Gasteiger partial charge in [-0.3, -0.25) is 15.1 Å². The fourth-order valence-corrected chi connectivity index (χ4v) is 2.88. The lowest BCUT2D eigenvalue weighted by Gasteiger charge is -2.10. The Hall–Kier alpha value is -3.05. The highest BCUT2D eigenvalue weighted by Crippen LogP contribution is 2.13. The first-order valence-electron chi connectivity index (χ1n) is 8.83. The summed E-state index contributed by atoms with van der Waals surface area (Å²) in [6, 6.07) is 19.5. The molecule has 2 N–H and O–H groups in total. The van der Waals surface area contributed by atoms with Crippen LogP contribution in [0.15, 0.2) is 73.1 Å².